The molecule has 1 heterocycles. The molecule has 2 amide bonds. The van der Waals surface area contributed by atoms with E-state index in [-0.39, 0.29) is 16.8 Å². The van der Waals surface area contributed by atoms with E-state index in [1.165, 1.54) is 19.1 Å². The molecule has 0 spiro atoms. The maximum absolute atomic E-state index is 12.4. The van der Waals surface area contributed by atoms with E-state index < -0.39 is 23.4 Å². The number of carbonyl (C=O) groups is 3. The number of anilines is 1. The molecule has 156 valence electrons. The quantitative estimate of drug-likeness (QED) is 0.754. The van der Waals surface area contributed by atoms with E-state index in [4.69, 9.17) is 21.6 Å². The molecule has 0 saturated carbocycles. The van der Waals surface area contributed by atoms with Gasteiger partial charge in [-0.15, -0.1) is 0 Å². The van der Waals surface area contributed by atoms with Crippen molar-refractivity contribution in [1.82, 2.24) is 4.90 Å². The van der Waals surface area contributed by atoms with Crippen LogP contribution in [0.25, 0.3) is 0 Å². The molecule has 1 aromatic carbocycles. The Morgan fingerprint density at radius 3 is 2.41 bits per heavy atom. The number of hydrogen-bond donors (Lipinski definition) is 1. The number of piperidine rings is 1. The van der Waals surface area contributed by atoms with Crippen molar-refractivity contribution in [3.05, 3.63) is 28.8 Å². The SMILES string of the molecule is C[C@H](OC(=O)C1CCN(C(=O)C(C)(C)C)CC1)C(=O)Nc1ccc(C#N)c(Cl)c1. The van der Waals surface area contributed by atoms with Crippen LogP contribution in [0.15, 0.2) is 18.2 Å². The number of carbonyl (C=O) groups excluding carboxylic acids is 3. The first-order valence-electron chi connectivity index (χ1n) is 9.53. The fourth-order valence-electron chi connectivity index (χ4n) is 3.04. The third-order valence-electron chi connectivity index (χ3n) is 4.78. The number of nitriles is 1. The van der Waals surface area contributed by atoms with Gasteiger partial charge in [0.25, 0.3) is 5.91 Å². The number of halogens is 1. The van der Waals surface area contributed by atoms with Crippen LogP contribution in [0.4, 0.5) is 5.69 Å². The van der Waals surface area contributed by atoms with Gasteiger partial charge in [0.15, 0.2) is 6.10 Å². The molecule has 8 heteroatoms. The van der Waals surface area contributed by atoms with Gasteiger partial charge < -0.3 is 15.0 Å². The molecule has 2 rings (SSSR count). The van der Waals surface area contributed by atoms with Gasteiger partial charge in [-0.1, -0.05) is 32.4 Å². The smallest absolute Gasteiger partial charge is 0.309 e. The molecule has 0 radical (unpaired) electrons. The van der Waals surface area contributed by atoms with Gasteiger partial charge >= 0.3 is 5.97 Å². The lowest BCUT2D eigenvalue weighted by molar-refractivity contribution is -0.160. The molecule has 0 bridgehead atoms. The predicted molar refractivity (Wildman–Crippen MR) is 109 cm³/mol. The molecule has 1 N–H and O–H groups in total. The van der Waals surface area contributed by atoms with Gasteiger partial charge in [0.1, 0.15) is 6.07 Å². The van der Waals surface area contributed by atoms with E-state index in [2.05, 4.69) is 5.32 Å². The second-order valence-electron chi connectivity index (χ2n) is 8.19. The highest BCUT2D eigenvalue weighted by atomic mass is 35.5. The zero-order chi connectivity index (χ0) is 21.8. The third kappa shape index (κ3) is 5.94. The van der Waals surface area contributed by atoms with Crippen LogP contribution < -0.4 is 5.32 Å². The lowest BCUT2D eigenvalue weighted by Gasteiger charge is -2.35. The second-order valence-corrected chi connectivity index (χ2v) is 8.60. The largest absolute Gasteiger partial charge is 0.452 e. The first-order valence-corrected chi connectivity index (χ1v) is 9.91. The van der Waals surface area contributed by atoms with Crippen molar-refractivity contribution in [2.24, 2.45) is 11.3 Å². The number of ether oxygens (including phenoxy) is 1. The number of amides is 2. The first kappa shape index (κ1) is 22.7. The van der Waals surface area contributed by atoms with Gasteiger partial charge in [-0.05, 0) is 38.0 Å². The van der Waals surface area contributed by atoms with Crippen molar-refractivity contribution >= 4 is 35.1 Å². The Bertz CT molecular complexity index is 833. The summed E-state index contributed by atoms with van der Waals surface area (Å²) in [6.07, 6.45) is 0.0478. The van der Waals surface area contributed by atoms with Crippen LogP contribution in [-0.4, -0.2) is 41.9 Å². The maximum Gasteiger partial charge on any atom is 0.309 e. The van der Waals surface area contributed by atoms with Crippen molar-refractivity contribution in [2.75, 3.05) is 18.4 Å². The number of likely N-dealkylation sites (tertiary alicyclic amines) is 1. The van der Waals surface area contributed by atoms with Crippen LogP contribution in [0.5, 0.6) is 0 Å². The minimum atomic E-state index is -0.980. The summed E-state index contributed by atoms with van der Waals surface area (Å²) in [7, 11) is 0. The van der Waals surface area contributed by atoms with E-state index in [1.54, 1.807) is 11.0 Å². The highest BCUT2D eigenvalue weighted by Gasteiger charge is 2.33. The first-order chi connectivity index (χ1) is 13.5. The molecular formula is C21H26ClN3O4. The van der Waals surface area contributed by atoms with Crippen LogP contribution in [0.2, 0.25) is 5.02 Å². The number of esters is 1. The molecular weight excluding hydrogens is 394 g/mol. The Labute approximate surface area is 176 Å². The molecule has 7 nitrogen and oxygen atoms in total. The van der Waals surface area contributed by atoms with E-state index in [0.717, 1.165) is 0 Å². The van der Waals surface area contributed by atoms with Crippen molar-refractivity contribution < 1.29 is 19.1 Å². The average Bonchev–Trinajstić information content (AvgIpc) is 2.66. The van der Waals surface area contributed by atoms with Crippen molar-refractivity contribution in [3.63, 3.8) is 0 Å². The number of benzene rings is 1. The Morgan fingerprint density at radius 1 is 1.28 bits per heavy atom. The highest BCUT2D eigenvalue weighted by Crippen LogP contribution is 2.25. The average molecular weight is 420 g/mol. The summed E-state index contributed by atoms with van der Waals surface area (Å²) >= 11 is 5.95. The molecule has 1 atom stereocenters. The molecule has 0 aliphatic carbocycles. The monoisotopic (exact) mass is 419 g/mol. The Hall–Kier alpha value is -2.59. The van der Waals surface area contributed by atoms with Crippen molar-refractivity contribution in [2.45, 2.75) is 46.6 Å². The molecule has 0 aromatic heterocycles. The Morgan fingerprint density at radius 2 is 1.90 bits per heavy atom. The minimum Gasteiger partial charge on any atom is -0.452 e. The number of nitrogens with zero attached hydrogens (tertiary/aromatic N) is 2. The minimum absolute atomic E-state index is 0.0677. The van der Waals surface area contributed by atoms with Crippen molar-refractivity contribution in [3.8, 4) is 6.07 Å². The zero-order valence-corrected chi connectivity index (χ0v) is 17.9. The lowest BCUT2D eigenvalue weighted by atomic mass is 9.91. The number of nitrogens with one attached hydrogen (secondary N) is 1. The topological polar surface area (TPSA) is 99.5 Å². The summed E-state index contributed by atoms with van der Waals surface area (Å²) in [6.45, 7) is 8.11. The third-order valence-corrected chi connectivity index (χ3v) is 5.09. The van der Waals surface area contributed by atoms with Gasteiger partial charge in [0.2, 0.25) is 5.91 Å². The maximum atomic E-state index is 12.4. The van der Waals surface area contributed by atoms with E-state index in [1.807, 2.05) is 26.8 Å². The molecule has 1 saturated heterocycles. The summed E-state index contributed by atoms with van der Waals surface area (Å²) in [4.78, 5) is 38.8. The highest BCUT2D eigenvalue weighted by molar-refractivity contribution is 6.32. The summed E-state index contributed by atoms with van der Waals surface area (Å²) in [5.74, 6) is -1.19. The molecule has 1 aliphatic heterocycles. The van der Waals surface area contributed by atoms with Gasteiger partial charge in [0, 0.05) is 24.2 Å². The van der Waals surface area contributed by atoms with Crippen LogP contribution in [0, 0.1) is 22.7 Å². The fraction of sp³-hybridized carbons (Fsp3) is 0.524. The number of rotatable bonds is 4. The Balaban J connectivity index is 1.86. The van der Waals surface area contributed by atoms with Crippen LogP contribution in [0.1, 0.15) is 46.1 Å². The van der Waals surface area contributed by atoms with Gasteiger partial charge in [-0.3, -0.25) is 14.4 Å². The Kier molecular flexibility index (Phi) is 7.26. The molecule has 0 unspecified atom stereocenters. The van der Waals surface area contributed by atoms with Gasteiger partial charge in [-0.2, -0.15) is 5.26 Å². The lowest BCUT2D eigenvalue weighted by Crippen LogP contribution is -2.45. The molecule has 1 aliphatic rings. The van der Waals surface area contributed by atoms with Crippen LogP contribution >= 0.6 is 11.6 Å². The molecule has 29 heavy (non-hydrogen) atoms. The van der Waals surface area contributed by atoms with E-state index >= 15 is 0 Å². The summed E-state index contributed by atoms with van der Waals surface area (Å²) < 4.78 is 5.32. The summed E-state index contributed by atoms with van der Waals surface area (Å²) in [5.41, 5.74) is 0.269. The van der Waals surface area contributed by atoms with Crippen LogP contribution in [-0.2, 0) is 19.1 Å². The van der Waals surface area contributed by atoms with Crippen molar-refractivity contribution in [1.29, 1.82) is 5.26 Å². The number of hydrogen-bond acceptors (Lipinski definition) is 5. The van der Waals surface area contributed by atoms with E-state index in [9.17, 15) is 14.4 Å². The van der Waals surface area contributed by atoms with Gasteiger partial charge in [-0.25, -0.2) is 0 Å². The summed E-state index contributed by atoms with van der Waals surface area (Å²) in [6, 6.07) is 6.46. The zero-order valence-electron chi connectivity index (χ0n) is 17.1. The van der Waals surface area contributed by atoms with E-state index in [0.29, 0.717) is 37.2 Å². The molecule has 1 aromatic rings. The van der Waals surface area contributed by atoms with Gasteiger partial charge in [0.05, 0.1) is 16.5 Å². The second kappa shape index (κ2) is 9.27. The fourth-order valence-corrected chi connectivity index (χ4v) is 3.27. The van der Waals surface area contributed by atoms with Crippen LogP contribution in [0.3, 0.4) is 0 Å². The molecule has 1 fully saturated rings. The summed E-state index contributed by atoms with van der Waals surface area (Å²) in [5, 5.41) is 11.7. The predicted octanol–water partition coefficient (Wildman–Crippen LogP) is 3.37. The standard InChI is InChI=1S/C21H26ClN3O4/c1-13(18(26)24-16-6-5-15(12-23)17(22)11-16)29-19(27)14-7-9-25(10-8-14)20(28)21(2,3)4/h5-6,11,13-14H,7-10H2,1-4H3,(H,24,26)/t13-/m0/s1. The normalized spacial score (nSPS) is 15.9.